The summed E-state index contributed by atoms with van der Waals surface area (Å²) in [5.74, 6) is 5.22. The van der Waals surface area contributed by atoms with Crippen molar-refractivity contribution in [1.29, 1.82) is 0 Å². The fourth-order valence-electron chi connectivity index (χ4n) is 0.359. The first kappa shape index (κ1) is 3.49. The average Bonchev–Trinajstić information content (AvgIpc) is 1.86. The molecule has 0 aromatic carbocycles. The fraction of sp³-hybridized carbons (Fsp3) is 0.333. The van der Waals surface area contributed by atoms with Crippen LogP contribution >= 0.6 is 0 Å². The maximum absolute atomic E-state index is 5.22. The van der Waals surface area contributed by atoms with Crippen molar-refractivity contribution in [2.24, 2.45) is 5.84 Å². The SMILES string of the molecule is NN1C=CNC1. The van der Waals surface area contributed by atoms with Gasteiger partial charge in [0.05, 0.1) is 0 Å². The van der Waals surface area contributed by atoms with Gasteiger partial charge >= 0.3 is 0 Å². The Bertz CT molecular complexity index is 68.4. The maximum Gasteiger partial charge on any atom is 0.101 e. The molecule has 1 heterocycles. The normalized spacial score (nSPS) is 18.5. The van der Waals surface area contributed by atoms with Crippen molar-refractivity contribution >= 4 is 0 Å². The molecule has 0 bridgehead atoms. The Morgan fingerprint density at radius 1 is 1.83 bits per heavy atom. The molecular weight excluding hydrogens is 78.1 g/mol. The first-order chi connectivity index (χ1) is 2.89. The molecule has 0 saturated heterocycles. The molecule has 0 unspecified atom stereocenters. The number of nitrogens with one attached hydrogen (secondary N) is 1. The highest BCUT2D eigenvalue weighted by Crippen LogP contribution is 1.81. The average molecular weight is 85.1 g/mol. The Balaban J connectivity index is 2.38. The molecule has 1 aliphatic heterocycles. The maximum atomic E-state index is 5.22. The van der Waals surface area contributed by atoms with Gasteiger partial charge in [-0.05, 0) is 0 Å². The quantitative estimate of drug-likeness (QED) is 0.378. The Morgan fingerprint density at radius 2 is 2.67 bits per heavy atom. The largest absolute Gasteiger partial charge is 0.371 e. The van der Waals surface area contributed by atoms with E-state index in [1.807, 2.05) is 0 Å². The highest BCUT2D eigenvalue weighted by atomic mass is 15.4. The minimum absolute atomic E-state index is 0.736. The van der Waals surface area contributed by atoms with Crippen LogP contribution in [0.5, 0.6) is 0 Å². The summed E-state index contributed by atoms with van der Waals surface area (Å²) < 4.78 is 0. The van der Waals surface area contributed by atoms with E-state index in [2.05, 4.69) is 5.32 Å². The smallest absolute Gasteiger partial charge is 0.101 e. The van der Waals surface area contributed by atoms with Gasteiger partial charge in [0.2, 0.25) is 0 Å². The van der Waals surface area contributed by atoms with Crippen molar-refractivity contribution in [2.75, 3.05) is 6.67 Å². The van der Waals surface area contributed by atoms with Crippen molar-refractivity contribution in [3.05, 3.63) is 12.4 Å². The minimum atomic E-state index is 0.736. The van der Waals surface area contributed by atoms with E-state index < -0.39 is 0 Å². The number of hydrogen-bond donors (Lipinski definition) is 2. The van der Waals surface area contributed by atoms with Crippen molar-refractivity contribution in [2.45, 2.75) is 0 Å². The molecule has 0 aromatic rings. The third-order valence-electron chi connectivity index (χ3n) is 0.658. The van der Waals surface area contributed by atoms with Crippen LogP contribution in [0.1, 0.15) is 0 Å². The van der Waals surface area contributed by atoms with Gasteiger partial charge in [0, 0.05) is 12.4 Å². The van der Waals surface area contributed by atoms with Gasteiger partial charge in [-0.3, -0.25) is 5.01 Å². The van der Waals surface area contributed by atoms with E-state index in [1.165, 1.54) is 0 Å². The number of nitrogens with two attached hydrogens (primary N) is 1. The van der Waals surface area contributed by atoms with Gasteiger partial charge in [-0.15, -0.1) is 0 Å². The first-order valence-electron chi connectivity index (χ1n) is 1.81. The van der Waals surface area contributed by atoms with Gasteiger partial charge in [-0.25, -0.2) is 5.84 Å². The lowest BCUT2D eigenvalue weighted by Gasteiger charge is -2.02. The van der Waals surface area contributed by atoms with Crippen LogP contribution in [0.3, 0.4) is 0 Å². The Kier molecular flexibility index (Phi) is 0.686. The summed E-state index contributed by atoms with van der Waals surface area (Å²) in [6.07, 6.45) is 3.58. The summed E-state index contributed by atoms with van der Waals surface area (Å²) in [4.78, 5) is 0. The Hall–Kier alpha value is -0.700. The number of nitrogens with zero attached hydrogens (tertiary/aromatic N) is 1. The summed E-state index contributed by atoms with van der Waals surface area (Å²) in [7, 11) is 0. The molecule has 0 spiro atoms. The molecule has 1 aliphatic rings. The van der Waals surface area contributed by atoms with Crippen molar-refractivity contribution < 1.29 is 0 Å². The highest BCUT2D eigenvalue weighted by molar-refractivity contribution is 4.83. The first-order valence-corrected chi connectivity index (χ1v) is 1.81. The molecule has 34 valence electrons. The molecule has 0 aliphatic carbocycles. The van der Waals surface area contributed by atoms with E-state index in [9.17, 15) is 0 Å². The molecule has 6 heavy (non-hydrogen) atoms. The van der Waals surface area contributed by atoms with Crippen LogP contribution in [-0.4, -0.2) is 11.7 Å². The van der Waals surface area contributed by atoms with Crippen LogP contribution in [0.2, 0.25) is 0 Å². The fourth-order valence-corrected chi connectivity index (χ4v) is 0.359. The minimum Gasteiger partial charge on any atom is -0.371 e. The van der Waals surface area contributed by atoms with Gasteiger partial charge in [-0.2, -0.15) is 0 Å². The summed E-state index contributed by atoms with van der Waals surface area (Å²) >= 11 is 0. The number of hydrazine groups is 1. The topological polar surface area (TPSA) is 41.3 Å². The van der Waals surface area contributed by atoms with Crippen LogP contribution in [0.25, 0.3) is 0 Å². The molecule has 3 N–H and O–H groups in total. The van der Waals surface area contributed by atoms with Gasteiger partial charge < -0.3 is 5.32 Å². The number of hydrogen-bond acceptors (Lipinski definition) is 3. The van der Waals surface area contributed by atoms with E-state index >= 15 is 0 Å². The predicted octanol–water partition coefficient (Wildman–Crippen LogP) is -0.806. The third-order valence-corrected chi connectivity index (χ3v) is 0.658. The highest BCUT2D eigenvalue weighted by Gasteiger charge is 1.91. The molecule has 0 radical (unpaired) electrons. The Labute approximate surface area is 36.4 Å². The molecule has 3 nitrogen and oxygen atoms in total. The second-order valence-electron chi connectivity index (χ2n) is 1.19. The van der Waals surface area contributed by atoms with Gasteiger partial charge in [-0.1, -0.05) is 0 Å². The molecule has 3 heteroatoms. The van der Waals surface area contributed by atoms with E-state index in [0.717, 1.165) is 6.67 Å². The van der Waals surface area contributed by atoms with E-state index in [-0.39, 0.29) is 0 Å². The van der Waals surface area contributed by atoms with Gasteiger partial charge in [0.25, 0.3) is 0 Å². The molecule has 1 rings (SSSR count). The van der Waals surface area contributed by atoms with Crippen LogP contribution in [0.15, 0.2) is 12.4 Å². The standard InChI is InChI=1S/C3H7N3/c4-6-2-1-5-3-6/h1-2,5H,3-4H2. The summed E-state index contributed by atoms with van der Waals surface area (Å²) in [5, 5.41) is 4.46. The van der Waals surface area contributed by atoms with Crippen LogP contribution < -0.4 is 11.2 Å². The number of rotatable bonds is 0. The molecule has 0 fully saturated rings. The lowest BCUT2D eigenvalue weighted by Crippen LogP contribution is -2.26. The zero-order valence-electron chi connectivity index (χ0n) is 3.39. The van der Waals surface area contributed by atoms with Crippen LogP contribution in [-0.2, 0) is 0 Å². The van der Waals surface area contributed by atoms with E-state index in [1.54, 1.807) is 17.4 Å². The van der Waals surface area contributed by atoms with E-state index in [4.69, 9.17) is 5.84 Å². The van der Waals surface area contributed by atoms with Crippen LogP contribution in [0.4, 0.5) is 0 Å². The molecule has 0 atom stereocenters. The zero-order valence-corrected chi connectivity index (χ0v) is 3.39. The molecule has 0 aromatic heterocycles. The lowest BCUT2D eigenvalue weighted by atomic mass is 11.0. The summed E-state index contributed by atoms with van der Waals surface area (Å²) in [5.41, 5.74) is 0. The lowest BCUT2D eigenvalue weighted by molar-refractivity contribution is 0.411. The van der Waals surface area contributed by atoms with Gasteiger partial charge in [0.1, 0.15) is 6.67 Å². The monoisotopic (exact) mass is 85.1 g/mol. The zero-order chi connectivity index (χ0) is 4.41. The molecule has 0 amide bonds. The Morgan fingerprint density at radius 3 is 2.83 bits per heavy atom. The van der Waals surface area contributed by atoms with Crippen molar-refractivity contribution in [1.82, 2.24) is 10.3 Å². The second-order valence-corrected chi connectivity index (χ2v) is 1.19. The third kappa shape index (κ3) is 0.440. The second kappa shape index (κ2) is 1.18. The van der Waals surface area contributed by atoms with Crippen molar-refractivity contribution in [3.8, 4) is 0 Å². The van der Waals surface area contributed by atoms with Crippen LogP contribution in [0, 0.1) is 0 Å². The predicted molar refractivity (Wildman–Crippen MR) is 23.2 cm³/mol. The summed E-state index contributed by atoms with van der Waals surface area (Å²) in [6, 6.07) is 0. The molecule has 0 saturated carbocycles. The summed E-state index contributed by atoms with van der Waals surface area (Å²) in [6.45, 7) is 0.736. The van der Waals surface area contributed by atoms with Crippen molar-refractivity contribution in [3.63, 3.8) is 0 Å². The van der Waals surface area contributed by atoms with E-state index in [0.29, 0.717) is 0 Å². The molecular formula is C3H7N3. The van der Waals surface area contributed by atoms with Gasteiger partial charge in [0.15, 0.2) is 0 Å².